The first-order valence-electron chi connectivity index (χ1n) is 16.4. The summed E-state index contributed by atoms with van der Waals surface area (Å²) in [6.07, 6.45) is 6.19. The molecule has 0 unspecified atom stereocenters. The third kappa shape index (κ3) is 6.40. The van der Waals surface area contributed by atoms with Gasteiger partial charge in [-0.05, 0) is 70.2 Å². The molecule has 10 heteroatoms. The zero-order valence-electron chi connectivity index (χ0n) is 27.5. The summed E-state index contributed by atoms with van der Waals surface area (Å²) in [4.78, 5) is 31.4. The van der Waals surface area contributed by atoms with E-state index < -0.39 is 0 Å². The van der Waals surface area contributed by atoms with Crippen molar-refractivity contribution in [3.63, 3.8) is 0 Å². The molecule has 3 aliphatic rings. The number of nitrogens with zero attached hydrogens (tertiary/aromatic N) is 7. The van der Waals surface area contributed by atoms with Crippen molar-refractivity contribution in [3.05, 3.63) is 65.9 Å². The van der Waals surface area contributed by atoms with Gasteiger partial charge in [-0.1, -0.05) is 55.1 Å². The van der Waals surface area contributed by atoms with E-state index in [-0.39, 0.29) is 23.2 Å². The Morgan fingerprint density at radius 1 is 1.17 bits per heavy atom. The number of rotatable bonds is 10. The van der Waals surface area contributed by atoms with Crippen LogP contribution in [0.1, 0.15) is 56.4 Å². The lowest BCUT2D eigenvalue weighted by Gasteiger charge is -2.44. The molecule has 3 heterocycles. The number of fused-ring (bicyclic) bond motifs is 2. The fourth-order valence-electron chi connectivity index (χ4n) is 6.97. The minimum Gasteiger partial charge on any atom is -0.452 e. The molecule has 2 aliphatic heterocycles. The second kappa shape index (κ2) is 13.5. The smallest absolute Gasteiger partial charge is 0.319 e. The number of aromatic nitrogens is 2. The number of thioether (sulfide) groups is 1. The van der Waals surface area contributed by atoms with Crippen LogP contribution in [0.15, 0.2) is 49.1 Å². The van der Waals surface area contributed by atoms with Gasteiger partial charge < -0.3 is 19.4 Å². The number of hydrogen-bond acceptors (Lipinski definition) is 9. The van der Waals surface area contributed by atoms with Crippen LogP contribution in [0.25, 0.3) is 10.8 Å². The van der Waals surface area contributed by atoms with Crippen molar-refractivity contribution in [2.45, 2.75) is 76.4 Å². The van der Waals surface area contributed by atoms with Crippen molar-refractivity contribution in [1.82, 2.24) is 19.8 Å². The summed E-state index contributed by atoms with van der Waals surface area (Å²) in [5.41, 5.74) is 4.56. The van der Waals surface area contributed by atoms with Crippen LogP contribution in [0.2, 0.25) is 0 Å². The first-order valence-corrected chi connectivity index (χ1v) is 17.4. The molecule has 1 atom stereocenters. The number of hydrogen-bond donors (Lipinski definition) is 0. The highest BCUT2D eigenvalue weighted by molar-refractivity contribution is 8.00. The quantitative estimate of drug-likeness (QED) is 0.199. The zero-order valence-corrected chi connectivity index (χ0v) is 28.4. The summed E-state index contributed by atoms with van der Waals surface area (Å²) in [5, 5.41) is 12.1. The van der Waals surface area contributed by atoms with E-state index in [4.69, 9.17) is 14.7 Å². The van der Waals surface area contributed by atoms with Gasteiger partial charge in [0, 0.05) is 48.9 Å². The van der Waals surface area contributed by atoms with E-state index in [1.807, 2.05) is 0 Å². The lowest BCUT2D eigenvalue weighted by Crippen LogP contribution is -2.55. The number of amides is 1. The standard InChI is InChI=1S/C36H45N7O2S/c1-6-32(44)43-21-20-42(22-28(43)16-18-37)34-29-17-19-41(31-15-8-12-26-11-7-10-25(2)33(26)31)23-30(29)38-35(39-34)45-24-46-36(3,4)40(5)27-13-9-14-27/h6-8,10-12,15,27-28H,1,9,13-14,16-17,19-24H2,2-5H3/t28-/m1/s1. The Bertz CT molecular complexity index is 1640. The largest absolute Gasteiger partial charge is 0.452 e. The van der Waals surface area contributed by atoms with Gasteiger partial charge in [-0.2, -0.15) is 15.2 Å². The minimum atomic E-state index is -0.239. The average molecular weight is 640 g/mol. The maximum absolute atomic E-state index is 12.6. The molecule has 1 saturated heterocycles. The van der Waals surface area contributed by atoms with E-state index in [9.17, 15) is 10.1 Å². The molecule has 0 bridgehead atoms. The van der Waals surface area contributed by atoms with Gasteiger partial charge in [0.25, 0.3) is 0 Å². The van der Waals surface area contributed by atoms with Crippen molar-refractivity contribution < 1.29 is 9.53 Å². The van der Waals surface area contributed by atoms with Gasteiger partial charge in [0.05, 0.1) is 35.6 Å². The summed E-state index contributed by atoms with van der Waals surface area (Å²) in [6.45, 7) is 13.5. The van der Waals surface area contributed by atoms with Crippen LogP contribution in [0.4, 0.5) is 11.5 Å². The molecule has 242 valence electrons. The Balaban J connectivity index is 1.30. The number of nitriles is 1. The van der Waals surface area contributed by atoms with E-state index in [2.05, 4.69) is 91.6 Å². The Morgan fingerprint density at radius 2 is 1.96 bits per heavy atom. The molecule has 0 spiro atoms. The van der Waals surface area contributed by atoms with Crippen molar-refractivity contribution in [2.75, 3.05) is 49.0 Å². The first kappa shape index (κ1) is 32.1. The van der Waals surface area contributed by atoms with Gasteiger partial charge in [-0.3, -0.25) is 9.69 Å². The molecule has 3 aromatic rings. The van der Waals surface area contributed by atoms with Crippen LogP contribution >= 0.6 is 11.8 Å². The monoisotopic (exact) mass is 639 g/mol. The molecule has 0 N–H and O–H groups in total. The van der Waals surface area contributed by atoms with Gasteiger partial charge >= 0.3 is 6.01 Å². The lowest BCUT2D eigenvalue weighted by molar-refractivity contribution is -0.128. The molecule has 9 nitrogen and oxygen atoms in total. The SMILES string of the molecule is C=CC(=O)N1CCN(c2nc(OCSC(C)(C)N(C)C3CCC3)nc3c2CCN(c2cccc4cccc(C)c24)C3)C[C@H]1CC#N. The fraction of sp³-hybridized carbons (Fsp3) is 0.500. The Hall–Kier alpha value is -3.81. The van der Waals surface area contributed by atoms with Crippen molar-refractivity contribution in [3.8, 4) is 12.1 Å². The van der Waals surface area contributed by atoms with Crippen molar-refractivity contribution >= 4 is 39.9 Å². The molecule has 6 rings (SSSR count). The van der Waals surface area contributed by atoms with Crippen molar-refractivity contribution in [1.29, 1.82) is 5.26 Å². The highest BCUT2D eigenvalue weighted by Gasteiger charge is 2.35. The maximum atomic E-state index is 12.6. The molecule has 1 amide bonds. The molecule has 0 radical (unpaired) electrons. The summed E-state index contributed by atoms with van der Waals surface area (Å²) in [5.74, 6) is 1.16. The molecule has 46 heavy (non-hydrogen) atoms. The predicted molar refractivity (Wildman–Crippen MR) is 186 cm³/mol. The van der Waals surface area contributed by atoms with Crippen LogP contribution in [0.3, 0.4) is 0 Å². The number of benzene rings is 2. The fourth-order valence-corrected chi connectivity index (χ4v) is 7.77. The Labute approximate surface area is 277 Å². The van der Waals surface area contributed by atoms with Crippen molar-refractivity contribution in [2.24, 2.45) is 0 Å². The topological polar surface area (TPSA) is 88.8 Å². The van der Waals surface area contributed by atoms with E-state index in [0.717, 1.165) is 30.0 Å². The number of anilines is 2. The highest BCUT2D eigenvalue weighted by atomic mass is 32.2. The summed E-state index contributed by atoms with van der Waals surface area (Å²) in [6, 6.07) is 16.0. The van der Waals surface area contributed by atoms with Gasteiger partial charge in [-0.15, -0.1) is 0 Å². The van der Waals surface area contributed by atoms with Crippen LogP contribution < -0.4 is 14.5 Å². The number of carbonyl (C=O) groups is 1. The van der Waals surface area contributed by atoms with Gasteiger partial charge in [0.1, 0.15) is 11.8 Å². The number of piperazine rings is 1. The molecule has 2 aromatic carbocycles. The third-order valence-electron chi connectivity index (χ3n) is 10.1. The van der Waals surface area contributed by atoms with E-state index in [0.29, 0.717) is 44.2 Å². The van der Waals surface area contributed by atoms with E-state index in [1.165, 1.54) is 47.4 Å². The van der Waals surface area contributed by atoms with Gasteiger partial charge in [-0.25, -0.2) is 0 Å². The first-order chi connectivity index (χ1) is 22.2. The number of ether oxygens (including phenoxy) is 1. The van der Waals surface area contributed by atoms with Gasteiger partial charge in [0.15, 0.2) is 0 Å². The normalized spacial score (nSPS) is 18.7. The maximum Gasteiger partial charge on any atom is 0.319 e. The zero-order chi connectivity index (χ0) is 32.4. The predicted octanol–water partition coefficient (Wildman–Crippen LogP) is 5.91. The summed E-state index contributed by atoms with van der Waals surface area (Å²) in [7, 11) is 2.21. The highest BCUT2D eigenvalue weighted by Crippen LogP contribution is 2.38. The summed E-state index contributed by atoms with van der Waals surface area (Å²) < 4.78 is 6.34. The average Bonchev–Trinajstić information content (AvgIpc) is 3.03. The molecule has 1 aliphatic carbocycles. The molecular weight excluding hydrogens is 595 g/mol. The van der Waals surface area contributed by atoms with Crippen LogP contribution in [-0.2, 0) is 17.8 Å². The van der Waals surface area contributed by atoms with Gasteiger partial charge in [0.2, 0.25) is 5.91 Å². The summed E-state index contributed by atoms with van der Waals surface area (Å²) >= 11 is 1.76. The van der Waals surface area contributed by atoms with Crippen LogP contribution in [0.5, 0.6) is 6.01 Å². The second-order valence-corrected chi connectivity index (χ2v) is 14.6. The number of carbonyl (C=O) groups excluding carboxylic acids is 1. The van der Waals surface area contributed by atoms with Crippen LogP contribution in [0, 0.1) is 18.3 Å². The number of aryl methyl sites for hydroxylation is 1. The third-order valence-corrected chi connectivity index (χ3v) is 11.3. The molecule has 2 fully saturated rings. The van der Waals surface area contributed by atoms with E-state index >= 15 is 0 Å². The second-order valence-electron chi connectivity index (χ2n) is 13.1. The minimum absolute atomic E-state index is 0.0797. The van der Waals surface area contributed by atoms with Crippen LogP contribution in [-0.4, -0.2) is 81.8 Å². The lowest BCUT2D eigenvalue weighted by atomic mass is 9.91. The Morgan fingerprint density at radius 3 is 2.67 bits per heavy atom. The van der Waals surface area contributed by atoms with E-state index in [1.54, 1.807) is 16.7 Å². The molecule has 1 aromatic heterocycles. The molecular formula is C36H45N7O2S. The molecule has 1 saturated carbocycles. The Kier molecular flexibility index (Phi) is 9.44.